The summed E-state index contributed by atoms with van der Waals surface area (Å²) < 4.78 is 0. The number of nitriles is 11. The lowest BCUT2D eigenvalue weighted by Gasteiger charge is -2.34. The molecule has 0 radical (unpaired) electrons. The molecule has 2 aliphatic rings. The zero-order valence-corrected chi connectivity index (χ0v) is 39.7. The molecule has 0 saturated heterocycles. The van der Waals surface area contributed by atoms with Gasteiger partial charge in [0.1, 0.15) is 83.8 Å². The van der Waals surface area contributed by atoms with Crippen molar-refractivity contribution in [3.8, 4) is 123 Å². The zero-order chi connectivity index (χ0) is 54.8. The summed E-state index contributed by atoms with van der Waals surface area (Å²) in [6.45, 7) is 0. The maximum Gasteiger partial charge on any atom is 0.119 e. The molecule has 0 fully saturated rings. The van der Waals surface area contributed by atoms with Crippen molar-refractivity contribution in [3.05, 3.63) is 198 Å². The third-order valence-electron chi connectivity index (χ3n) is 12.9. The van der Waals surface area contributed by atoms with Gasteiger partial charge in [-0.1, -0.05) is 42.5 Å². The molecule has 8 aromatic rings. The summed E-state index contributed by atoms with van der Waals surface area (Å²) in [5.74, 6) is 0. The Morgan fingerprint density at radius 2 is 0.679 bits per heavy atom. The first-order valence-corrected chi connectivity index (χ1v) is 22.8. The van der Waals surface area contributed by atoms with E-state index in [1.165, 1.54) is 60.7 Å². The molecule has 10 rings (SSSR count). The van der Waals surface area contributed by atoms with E-state index in [9.17, 15) is 57.9 Å². The molecule has 1 aliphatic heterocycles. The summed E-state index contributed by atoms with van der Waals surface area (Å²) in [7, 11) is 0. The Hall–Kier alpha value is -13.3. The lowest BCUT2D eigenvalue weighted by Crippen LogP contribution is -2.37. The molecule has 2 N–H and O–H groups in total. The third kappa shape index (κ3) is 8.02. The minimum atomic E-state index is -1.14. The van der Waals surface area contributed by atoms with Gasteiger partial charge >= 0.3 is 0 Å². The fourth-order valence-electron chi connectivity index (χ4n) is 9.09. The van der Waals surface area contributed by atoms with Crippen molar-refractivity contribution < 1.29 is 0 Å². The van der Waals surface area contributed by atoms with E-state index in [4.69, 9.17) is 30.3 Å². The van der Waals surface area contributed by atoms with E-state index in [1.807, 2.05) is 30.3 Å². The van der Waals surface area contributed by atoms with Gasteiger partial charge in [0.05, 0.1) is 113 Å². The molecule has 6 aromatic carbocycles. The lowest BCUT2D eigenvalue weighted by atomic mass is 9.87. The topological polar surface area (TPSA) is 361 Å². The molecule has 352 valence electrons. The minimum absolute atomic E-state index is 0.00904. The molecule has 1 aliphatic carbocycles. The van der Waals surface area contributed by atoms with Crippen molar-refractivity contribution in [2.45, 2.75) is 6.04 Å². The van der Waals surface area contributed by atoms with Crippen LogP contribution in [0.3, 0.4) is 0 Å². The second-order valence-electron chi connectivity index (χ2n) is 17.0. The van der Waals surface area contributed by atoms with Crippen molar-refractivity contribution in [2.24, 2.45) is 4.99 Å². The highest BCUT2D eigenvalue weighted by Crippen LogP contribution is 2.47. The lowest BCUT2D eigenvalue weighted by molar-refractivity contribution is 0.758. The molecular weight excluding hydrogens is 973 g/mol. The highest BCUT2D eigenvalue weighted by molar-refractivity contribution is 6.16. The van der Waals surface area contributed by atoms with E-state index in [0.29, 0.717) is 38.9 Å². The quantitative estimate of drug-likeness (QED) is 0.140. The molecule has 0 bridgehead atoms. The number of nitrogens with one attached hydrogen (secondary N) is 2. The number of hydrogen-bond donors (Lipinski definition) is 2. The Morgan fingerprint density at radius 3 is 1.08 bits per heavy atom. The first-order chi connectivity index (χ1) is 38.1. The highest BCUT2D eigenvalue weighted by atomic mass is 15.1. The van der Waals surface area contributed by atoms with E-state index < -0.39 is 6.04 Å². The van der Waals surface area contributed by atoms with Crippen molar-refractivity contribution in [3.63, 3.8) is 0 Å². The van der Waals surface area contributed by atoms with Gasteiger partial charge in [-0.2, -0.15) is 57.9 Å². The van der Waals surface area contributed by atoms with Gasteiger partial charge in [0, 0.05) is 45.2 Å². The molecule has 1 unspecified atom stereocenters. The predicted molar refractivity (Wildman–Crippen MR) is 277 cm³/mol. The smallest absolute Gasteiger partial charge is 0.119 e. The molecular formula is C60H22N18. The number of aliphatic imine (C=N–C) groups is 1. The zero-order valence-electron chi connectivity index (χ0n) is 39.7. The van der Waals surface area contributed by atoms with Crippen LogP contribution in [-0.2, 0) is 0 Å². The molecule has 18 nitrogen and oxygen atoms in total. The van der Waals surface area contributed by atoms with E-state index in [-0.39, 0.29) is 124 Å². The van der Waals surface area contributed by atoms with Gasteiger partial charge in [0.15, 0.2) is 0 Å². The van der Waals surface area contributed by atoms with Gasteiger partial charge in [-0.15, -0.1) is 0 Å². The van der Waals surface area contributed by atoms with Gasteiger partial charge in [0.2, 0.25) is 0 Å². The van der Waals surface area contributed by atoms with Gasteiger partial charge in [-0.25, -0.2) is 24.9 Å². The molecule has 18 heteroatoms. The van der Waals surface area contributed by atoms with E-state index >= 15 is 0 Å². The summed E-state index contributed by atoms with van der Waals surface area (Å²) in [5.41, 5.74) is 4.51. The Morgan fingerprint density at radius 1 is 0.346 bits per heavy atom. The fourth-order valence-corrected chi connectivity index (χ4v) is 9.09. The molecule has 0 saturated carbocycles. The van der Waals surface area contributed by atoms with Crippen molar-refractivity contribution in [2.75, 3.05) is 0 Å². The van der Waals surface area contributed by atoms with Gasteiger partial charge < -0.3 is 10.7 Å². The van der Waals surface area contributed by atoms with Crippen molar-refractivity contribution >= 4 is 23.3 Å². The largest absolute Gasteiger partial charge is 0.369 e. The first kappa shape index (κ1) is 48.4. The predicted octanol–water partition coefficient (Wildman–Crippen LogP) is 9.16. The van der Waals surface area contributed by atoms with Crippen LogP contribution in [0.5, 0.6) is 0 Å². The molecule has 0 spiro atoms. The number of aromatic nitrogens is 4. The normalized spacial score (nSPS) is 12.3. The molecule has 0 amide bonds. The van der Waals surface area contributed by atoms with Gasteiger partial charge in [-0.05, 0) is 66.7 Å². The molecule has 1 atom stereocenters. The average Bonchev–Trinajstić information content (AvgIpc) is 3.67. The van der Waals surface area contributed by atoms with Crippen molar-refractivity contribution in [1.29, 1.82) is 63.3 Å². The monoisotopic (exact) mass is 994 g/mol. The highest BCUT2D eigenvalue weighted by Gasteiger charge is 2.41. The van der Waals surface area contributed by atoms with Crippen LogP contribution in [0, 0.1) is 130 Å². The second-order valence-corrected chi connectivity index (χ2v) is 17.0. The van der Waals surface area contributed by atoms with Gasteiger partial charge in [0.25, 0.3) is 0 Å². The van der Waals surface area contributed by atoms with Crippen LogP contribution in [0.1, 0.15) is 95.3 Å². The summed E-state index contributed by atoms with van der Waals surface area (Å²) in [6.07, 6.45) is 1.03. The summed E-state index contributed by atoms with van der Waals surface area (Å²) >= 11 is 0. The maximum absolute atomic E-state index is 10.3. The SMILES string of the molecule is N#Cc1ccc(C2=C(c3ccc(C=N)c(C#N)c3)N=C3c4nc(-c5ccc(C#N)c(C#N)c5)c(-c5ccc(C#N)c(C#N)c5)nc4-c4nc(-c5ccc(C#N)c(C#N)c5)c(-c5ccc(C#N)c(C#N)c5)nc4C3N2)cc1C#N. The number of fused-ring (bicyclic) bond motifs is 6. The van der Waals surface area contributed by atoms with Crippen LogP contribution in [0.15, 0.2) is 114 Å². The van der Waals surface area contributed by atoms with Crippen LogP contribution >= 0.6 is 0 Å². The molecule has 78 heavy (non-hydrogen) atoms. The van der Waals surface area contributed by atoms with E-state index in [1.54, 1.807) is 48.5 Å². The summed E-state index contributed by atoms with van der Waals surface area (Å²) in [6, 6.07) is 48.8. The van der Waals surface area contributed by atoms with Crippen LogP contribution < -0.4 is 5.32 Å². The van der Waals surface area contributed by atoms with Crippen LogP contribution in [0.25, 0.3) is 67.8 Å². The van der Waals surface area contributed by atoms with Crippen molar-refractivity contribution in [1.82, 2.24) is 25.3 Å². The second kappa shape index (κ2) is 19.7. The maximum atomic E-state index is 10.3. The van der Waals surface area contributed by atoms with Gasteiger partial charge in [-0.3, -0.25) is 0 Å². The number of benzene rings is 6. The van der Waals surface area contributed by atoms with E-state index in [2.05, 4.69) is 41.7 Å². The summed E-state index contributed by atoms with van der Waals surface area (Å²) in [4.78, 5) is 26.6. The number of nitrogens with zero attached hydrogens (tertiary/aromatic N) is 16. The molecule has 3 heterocycles. The molecule has 2 aromatic heterocycles. The average molecular weight is 995 g/mol. The number of rotatable bonds is 7. The van der Waals surface area contributed by atoms with Crippen LogP contribution in [-0.4, -0.2) is 31.9 Å². The Kier molecular flexibility index (Phi) is 12.2. The van der Waals surface area contributed by atoms with Crippen LogP contribution in [0.4, 0.5) is 0 Å². The first-order valence-electron chi connectivity index (χ1n) is 22.8. The van der Waals surface area contributed by atoms with Crippen LogP contribution in [0.2, 0.25) is 0 Å². The minimum Gasteiger partial charge on any atom is -0.369 e. The van der Waals surface area contributed by atoms with E-state index in [0.717, 1.165) is 6.21 Å². The Balaban J connectivity index is 1.39. The fraction of sp³-hybridized carbons (Fsp3) is 0.0167. The number of hydrogen-bond acceptors (Lipinski definition) is 18. The Labute approximate surface area is 442 Å². The summed E-state index contributed by atoms with van der Waals surface area (Å²) in [5, 5.41) is 123. The Bertz CT molecular complexity index is 4650. The third-order valence-corrected chi connectivity index (χ3v) is 12.9. The standard InChI is InChI=1S/C60H22N18/c61-19-37-7-1-31(13-43(37)25-67)49-50(32-2-8-38(20-62)44(14-32)26-68)74-56-55(73-49)57-59(77-52(34-4-10-40(22-64)46(16-34)28-70)51(75-57)33-3-9-39(21-63)45(15-33)27-69)60-58(56)76-53(35-5-11-41(23-65)47(17-35)29-71)54(78-60)36-6-12-42(24-66)48(18-36)30-72/h1-19,56,61,74H.